The Hall–Kier alpha value is -2.43. The standard InChI is InChI=1S/C17H19N3O2/c1-13-5-3-10-20(12-13)16(21)14-6-2-7-15(11-14)22-17-18-8-4-9-19-17/h2,4,6-9,11,13H,3,5,10,12H2,1H3. The molecule has 3 rings (SSSR count). The third-order valence-corrected chi connectivity index (χ3v) is 3.78. The molecule has 22 heavy (non-hydrogen) atoms. The van der Waals surface area contributed by atoms with E-state index in [4.69, 9.17) is 4.74 Å². The van der Waals surface area contributed by atoms with E-state index < -0.39 is 0 Å². The molecule has 0 spiro atoms. The molecular formula is C17H19N3O2. The van der Waals surface area contributed by atoms with Crippen LogP contribution in [-0.4, -0.2) is 33.9 Å². The lowest BCUT2D eigenvalue weighted by Crippen LogP contribution is -2.39. The van der Waals surface area contributed by atoms with Crippen molar-refractivity contribution in [3.8, 4) is 11.8 Å². The molecule has 1 saturated heterocycles. The SMILES string of the molecule is CC1CCCN(C(=O)c2cccc(Oc3ncccn3)c2)C1. The summed E-state index contributed by atoms with van der Waals surface area (Å²) in [5.41, 5.74) is 0.641. The number of rotatable bonds is 3. The largest absolute Gasteiger partial charge is 0.424 e. The van der Waals surface area contributed by atoms with Gasteiger partial charge in [0.05, 0.1) is 0 Å². The van der Waals surface area contributed by atoms with E-state index in [-0.39, 0.29) is 11.9 Å². The zero-order valence-electron chi connectivity index (χ0n) is 12.6. The molecule has 1 aliphatic heterocycles. The summed E-state index contributed by atoms with van der Waals surface area (Å²) in [6.45, 7) is 3.84. The molecule has 0 radical (unpaired) electrons. The number of aromatic nitrogens is 2. The first kappa shape index (κ1) is 14.5. The maximum atomic E-state index is 12.6. The van der Waals surface area contributed by atoms with Gasteiger partial charge in [0, 0.05) is 31.0 Å². The van der Waals surface area contributed by atoms with Gasteiger partial charge in [-0.15, -0.1) is 0 Å². The molecule has 1 aromatic heterocycles. The zero-order valence-corrected chi connectivity index (χ0v) is 12.6. The quantitative estimate of drug-likeness (QED) is 0.873. The number of carbonyl (C=O) groups excluding carboxylic acids is 1. The number of hydrogen-bond acceptors (Lipinski definition) is 4. The lowest BCUT2D eigenvalue weighted by molar-refractivity contribution is 0.0682. The summed E-state index contributed by atoms with van der Waals surface area (Å²) in [5.74, 6) is 1.20. The van der Waals surface area contributed by atoms with Crippen LogP contribution in [0.25, 0.3) is 0 Å². The van der Waals surface area contributed by atoms with E-state index in [9.17, 15) is 4.79 Å². The smallest absolute Gasteiger partial charge is 0.321 e. The molecule has 5 heteroatoms. The van der Waals surface area contributed by atoms with Gasteiger partial charge in [0.15, 0.2) is 0 Å². The van der Waals surface area contributed by atoms with Gasteiger partial charge < -0.3 is 9.64 Å². The molecular weight excluding hydrogens is 278 g/mol. The van der Waals surface area contributed by atoms with Crippen molar-refractivity contribution < 1.29 is 9.53 Å². The Morgan fingerprint density at radius 3 is 2.86 bits per heavy atom. The first-order chi connectivity index (χ1) is 10.7. The average Bonchev–Trinajstić information content (AvgIpc) is 2.55. The topological polar surface area (TPSA) is 55.3 Å². The van der Waals surface area contributed by atoms with E-state index in [1.165, 1.54) is 6.42 Å². The minimum absolute atomic E-state index is 0.0611. The van der Waals surface area contributed by atoms with Crippen LogP contribution in [0.15, 0.2) is 42.7 Å². The number of carbonyl (C=O) groups is 1. The van der Waals surface area contributed by atoms with Crippen molar-refractivity contribution in [2.45, 2.75) is 19.8 Å². The van der Waals surface area contributed by atoms with Gasteiger partial charge in [-0.25, -0.2) is 9.97 Å². The van der Waals surface area contributed by atoms with Gasteiger partial charge in [-0.1, -0.05) is 13.0 Å². The second kappa shape index (κ2) is 6.56. The molecule has 1 atom stereocenters. The fourth-order valence-corrected chi connectivity index (χ4v) is 2.69. The Labute approximate surface area is 130 Å². The van der Waals surface area contributed by atoms with Crippen molar-refractivity contribution in [1.82, 2.24) is 14.9 Å². The second-order valence-corrected chi connectivity index (χ2v) is 5.66. The Bertz CT molecular complexity index is 645. The van der Waals surface area contributed by atoms with Crippen molar-refractivity contribution in [2.24, 2.45) is 5.92 Å². The van der Waals surface area contributed by atoms with E-state index in [2.05, 4.69) is 16.9 Å². The van der Waals surface area contributed by atoms with E-state index in [1.54, 1.807) is 30.6 Å². The van der Waals surface area contributed by atoms with Crippen LogP contribution in [0.2, 0.25) is 0 Å². The lowest BCUT2D eigenvalue weighted by atomic mass is 9.99. The van der Waals surface area contributed by atoms with Crippen LogP contribution < -0.4 is 4.74 Å². The van der Waals surface area contributed by atoms with Crippen LogP contribution in [0.4, 0.5) is 0 Å². The molecule has 1 aliphatic rings. The molecule has 2 heterocycles. The fourth-order valence-electron chi connectivity index (χ4n) is 2.69. The van der Waals surface area contributed by atoms with E-state index in [0.717, 1.165) is 19.5 Å². The molecule has 5 nitrogen and oxygen atoms in total. The molecule has 1 fully saturated rings. The van der Waals surface area contributed by atoms with Gasteiger partial charge in [0.2, 0.25) is 0 Å². The van der Waals surface area contributed by atoms with Crippen molar-refractivity contribution in [1.29, 1.82) is 0 Å². The maximum Gasteiger partial charge on any atom is 0.321 e. The summed E-state index contributed by atoms with van der Waals surface area (Å²) in [7, 11) is 0. The summed E-state index contributed by atoms with van der Waals surface area (Å²) in [6, 6.07) is 9.19. The van der Waals surface area contributed by atoms with Crippen molar-refractivity contribution in [2.75, 3.05) is 13.1 Å². The van der Waals surface area contributed by atoms with E-state index in [0.29, 0.717) is 17.2 Å². The monoisotopic (exact) mass is 297 g/mol. The van der Waals surface area contributed by atoms with Gasteiger partial charge in [0.25, 0.3) is 5.91 Å². The number of piperidine rings is 1. The van der Waals surface area contributed by atoms with Gasteiger partial charge in [-0.2, -0.15) is 0 Å². The molecule has 2 aromatic rings. The second-order valence-electron chi connectivity index (χ2n) is 5.66. The first-order valence-corrected chi connectivity index (χ1v) is 7.56. The molecule has 0 bridgehead atoms. The molecule has 0 N–H and O–H groups in total. The highest BCUT2D eigenvalue weighted by molar-refractivity contribution is 5.94. The van der Waals surface area contributed by atoms with Crippen LogP contribution in [0.3, 0.4) is 0 Å². The number of benzene rings is 1. The van der Waals surface area contributed by atoms with Gasteiger partial charge >= 0.3 is 6.01 Å². The fraction of sp³-hybridized carbons (Fsp3) is 0.353. The molecule has 1 aromatic carbocycles. The number of hydrogen-bond donors (Lipinski definition) is 0. The summed E-state index contributed by atoms with van der Waals surface area (Å²) >= 11 is 0. The summed E-state index contributed by atoms with van der Waals surface area (Å²) in [4.78, 5) is 22.6. The van der Waals surface area contributed by atoms with Crippen LogP contribution in [0, 0.1) is 5.92 Å². The van der Waals surface area contributed by atoms with Crippen LogP contribution in [0.5, 0.6) is 11.8 Å². The molecule has 114 valence electrons. The van der Waals surface area contributed by atoms with E-state index >= 15 is 0 Å². The molecule has 0 saturated carbocycles. The number of likely N-dealkylation sites (tertiary alicyclic amines) is 1. The molecule has 1 unspecified atom stereocenters. The van der Waals surface area contributed by atoms with Crippen LogP contribution in [-0.2, 0) is 0 Å². The minimum atomic E-state index is 0.0611. The van der Waals surface area contributed by atoms with Gasteiger partial charge in [-0.05, 0) is 43.0 Å². The Balaban J connectivity index is 1.74. The number of nitrogens with zero attached hydrogens (tertiary/aromatic N) is 3. The van der Waals surface area contributed by atoms with Gasteiger partial charge in [-0.3, -0.25) is 4.79 Å². The summed E-state index contributed by atoms with van der Waals surface area (Å²) < 4.78 is 5.58. The maximum absolute atomic E-state index is 12.6. The van der Waals surface area contributed by atoms with Crippen molar-refractivity contribution in [3.05, 3.63) is 48.3 Å². The Morgan fingerprint density at radius 1 is 1.27 bits per heavy atom. The highest BCUT2D eigenvalue weighted by Crippen LogP contribution is 2.22. The van der Waals surface area contributed by atoms with Gasteiger partial charge in [0.1, 0.15) is 5.75 Å². The van der Waals surface area contributed by atoms with Crippen LogP contribution >= 0.6 is 0 Å². The Morgan fingerprint density at radius 2 is 2.09 bits per heavy atom. The highest BCUT2D eigenvalue weighted by atomic mass is 16.5. The van der Waals surface area contributed by atoms with E-state index in [1.807, 2.05) is 17.0 Å². The summed E-state index contributed by atoms with van der Waals surface area (Å²) in [6.07, 6.45) is 5.50. The molecule has 1 amide bonds. The zero-order chi connectivity index (χ0) is 15.4. The predicted molar refractivity (Wildman–Crippen MR) is 82.8 cm³/mol. The number of amides is 1. The first-order valence-electron chi connectivity index (χ1n) is 7.56. The summed E-state index contributed by atoms with van der Waals surface area (Å²) in [5, 5.41) is 0. The highest BCUT2D eigenvalue weighted by Gasteiger charge is 2.22. The van der Waals surface area contributed by atoms with Crippen molar-refractivity contribution in [3.63, 3.8) is 0 Å². The normalized spacial score (nSPS) is 18.0. The average molecular weight is 297 g/mol. The minimum Gasteiger partial charge on any atom is -0.424 e. The molecule has 0 aliphatic carbocycles. The Kier molecular flexibility index (Phi) is 4.32. The lowest BCUT2D eigenvalue weighted by Gasteiger charge is -2.31. The number of ether oxygens (including phenoxy) is 1. The predicted octanol–water partition coefficient (Wildman–Crippen LogP) is 3.14. The third kappa shape index (κ3) is 3.42. The third-order valence-electron chi connectivity index (χ3n) is 3.78. The van der Waals surface area contributed by atoms with Crippen LogP contribution in [0.1, 0.15) is 30.1 Å². The van der Waals surface area contributed by atoms with Crippen molar-refractivity contribution >= 4 is 5.91 Å².